The first-order valence-corrected chi connectivity index (χ1v) is 11.5. The number of methoxy groups -OCH3 is 2. The summed E-state index contributed by atoms with van der Waals surface area (Å²) in [5, 5.41) is 6.71. The quantitative estimate of drug-likeness (QED) is 0.461. The molecule has 7 heteroatoms. The van der Waals surface area contributed by atoms with E-state index in [1.54, 1.807) is 14.2 Å². The predicted molar refractivity (Wildman–Crippen MR) is 132 cm³/mol. The summed E-state index contributed by atoms with van der Waals surface area (Å²) in [7, 11) is 3.28. The minimum Gasteiger partial charge on any atom is -0.493 e. The van der Waals surface area contributed by atoms with Gasteiger partial charge < -0.3 is 25.0 Å². The molecule has 32 heavy (non-hydrogen) atoms. The molecule has 1 aliphatic heterocycles. The minimum atomic E-state index is 0.619. The van der Waals surface area contributed by atoms with Gasteiger partial charge in [0.05, 0.1) is 20.8 Å². The normalized spacial score (nSPS) is 15.4. The Morgan fingerprint density at radius 3 is 2.25 bits per heavy atom. The van der Waals surface area contributed by atoms with Gasteiger partial charge in [-0.25, -0.2) is 4.99 Å². The Labute approximate surface area is 192 Å². The second-order valence-corrected chi connectivity index (χ2v) is 7.87. The highest BCUT2D eigenvalue weighted by Crippen LogP contribution is 2.29. The number of rotatable bonds is 9. The van der Waals surface area contributed by atoms with Crippen LogP contribution in [0.4, 0.5) is 5.69 Å². The number of guanidine groups is 1. The molecule has 1 aliphatic rings. The molecule has 0 radical (unpaired) electrons. The summed E-state index contributed by atoms with van der Waals surface area (Å²) in [6, 6.07) is 14.4. The lowest BCUT2D eigenvalue weighted by molar-refractivity contribution is 0.131. The van der Waals surface area contributed by atoms with Gasteiger partial charge in [0, 0.05) is 51.0 Å². The number of piperazine rings is 1. The van der Waals surface area contributed by atoms with Crippen molar-refractivity contribution in [2.75, 3.05) is 58.8 Å². The van der Waals surface area contributed by atoms with Gasteiger partial charge in [0.1, 0.15) is 0 Å². The summed E-state index contributed by atoms with van der Waals surface area (Å²) in [5.41, 5.74) is 3.50. The highest BCUT2D eigenvalue weighted by molar-refractivity contribution is 5.93. The van der Waals surface area contributed by atoms with E-state index in [9.17, 15) is 0 Å². The van der Waals surface area contributed by atoms with Gasteiger partial charge in [0.25, 0.3) is 0 Å². The topological polar surface area (TPSA) is 61.4 Å². The van der Waals surface area contributed by atoms with E-state index in [0.717, 1.165) is 57.5 Å². The van der Waals surface area contributed by atoms with Crippen molar-refractivity contribution in [2.24, 2.45) is 4.99 Å². The summed E-state index contributed by atoms with van der Waals surface area (Å²) in [5.74, 6) is 2.13. The zero-order chi connectivity index (χ0) is 22.8. The standard InChI is InChI=1S/C25H37N5O2/c1-5-26-25(28-22-11-12-23(31-3)24(17-22)32-4)27-18-20-9-7-8-10-21(20)19-30-15-13-29(6-2)14-16-30/h7-12,17H,5-6,13-16,18-19H2,1-4H3,(H2,26,27,28). The van der Waals surface area contributed by atoms with E-state index in [-0.39, 0.29) is 0 Å². The molecule has 174 valence electrons. The summed E-state index contributed by atoms with van der Waals surface area (Å²) in [4.78, 5) is 9.90. The minimum absolute atomic E-state index is 0.619. The Kier molecular flexibility index (Phi) is 9.19. The molecule has 0 aliphatic carbocycles. The van der Waals surface area contributed by atoms with Crippen LogP contribution in [0.1, 0.15) is 25.0 Å². The first-order chi connectivity index (χ1) is 15.7. The van der Waals surface area contributed by atoms with Crippen LogP contribution < -0.4 is 20.1 Å². The van der Waals surface area contributed by atoms with E-state index >= 15 is 0 Å². The van der Waals surface area contributed by atoms with E-state index in [4.69, 9.17) is 14.5 Å². The van der Waals surface area contributed by atoms with Crippen molar-refractivity contribution in [3.63, 3.8) is 0 Å². The molecule has 2 N–H and O–H groups in total. The summed E-state index contributed by atoms with van der Waals surface area (Å²) < 4.78 is 10.7. The van der Waals surface area contributed by atoms with Crippen molar-refractivity contribution in [2.45, 2.75) is 26.9 Å². The number of benzene rings is 2. The molecule has 0 amide bonds. The van der Waals surface area contributed by atoms with Gasteiger partial charge in [-0.2, -0.15) is 0 Å². The Balaban J connectivity index is 1.69. The van der Waals surface area contributed by atoms with Gasteiger partial charge in [-0.15, -0.1) is 0 Å². The molecule has 0 bridgehead atoms. The third-order valence-electron chi connectivity index (χ3n) is 5.82. The van der Waals surface area contributed by atoms with Gasteiger partial charge in [-0.1, -0.05) is 31.2 Å². The van der Waals surface area contributed by atoms with Crippen molar-refractivity contribution in [1.82, 2.24) is 15.1 Å². The van der Waals surface area contributed by atoms with Crippen LogP contribution in [0.25, 0.3) is 0 Å². The van der Waals surface area contributed by atoms with Crippen LogP contribution in [0.15, 0.2) is 47.5 Å². The lowest BCUT2D eigenvalue weighted by Gasteiger charge is -2.34. The fourth-order valence-electron chi connectivity index (χ4n) is 3.89. The molecule has 0 saturated carbocycles. The fourth-order valence-corrected chi connectivity index (χ4v) is 3.89. The third-order valence-corrected chi connectivity index (χ3v) is 5.82. The fraction of sp³-hybridized carbons (Fsp3) is 0.480. The van der Waals surface area contributed by atoms with Crippen molar-refractivity contribution in [3.05, 3.63) is 53.6 Å². The van der Waals surface area contributed by atoms with Crippen molar-refractivity contribution in [1.29, 1.82) is 0 Å². The number of anilines is 1. The molecule has 0 aromatic heterocycles. The first kappa shape index (κ1) is 23.9. The third kappa shape index (κ3) is 6.61. The number of nitrogens with one attached hydrogen (secondary N) is 2. The van der Waals surface area contributed by atoms with E-state index < -0.39 is 0 Å². The highest BCUT2D eigenvalue weighted by Gasteiger charge is 2.16. The van der Waals surface area contributed by atoms with E-state index in [0.29, 0.717) is 18.0 Å². The van der Waals surface area contributed by atoms with Gasteiger partial charge in [-0.3, -0.25) is 4.90 Å². The Morgan fingerprint density at radius 2 is 1.59 bits per heavy atom. The van der Waals surface area contributed by atoms with E-state index in [2.05, 4.69) is 58.5 Å². The maximum atomic E-state index is 5.42. The molecule has 2 aromatic carbocycles. The monoisotopic (exact) mass is 439 g/mol. The summed E-state index contributed by atoms with van der Waals surface area (Å²) in [6.45, 7) is 12.4. The smallest absolute Gasteiger partial charge is 0.196 e. The lowest BCUT2D eigenvalue weighted by Crippen LogP contribution is -2.45. The molecule has 2 aromatic rings. The van der Waals surface area contributed by atoms with Crippen molar-refractivity contribution >= 4 is 11.6 Å². The molecule has 1 heterocycles. The number of hydrogen-bond acceptors (Lipinski definition) is 5. The predicted octanol–water partition coefficient (Wildman–Crippen LogP) is 3.42. The van der Waals surface area contributed by atoms with Crippen LogP contribution in [-0.2, 0) is 13.1 Å². The highest BCUT2D eigenvalue weighted by atomic mass is 16.5. The maximum Gasteiger partial charge on any atom is 0.196 e. The number of hydrogen-bond donors (Lipinski definition) is 2. The Hall–Kier alpha value is -2.77. The van der Waals surface area contributed by atoms with Gasteiger partial charge in [0.15, 0.2) is 17.5 Å². The number of likely N-dealkylation sites (N-methyl/N-ethyl adjacent to an activating group) is 1. The van der Waals surface area contributed by atoms with Crippen LogP contribution in [0.2, 0.25) is 0 Å². The molecule has 0 spiro atoms. The number of nitrogens with zero attached hydrogens (tertiary/aromatic N) is 3. The summed E-state index contributed by atoms with van der Waals surface area (Å²) in [6.07, 6.45) is 0. The van der Waals surface area contributed by atoms with Gasteiger partial charge >= 0.3 is 0 Å². The van der Waals surface area contributed by atoms with Crippen LogP contribution in [0, 0.1) is 0 Å². The molecule has 3 rings (SSSR count). The molecule has 1 fully saturated rings. The number of ether oxygens (including phenoxy) is 2. The van der Waals surface area contributed by atoms with Gasteiger partial charge in [0.2, 0.25) is 0 Å². The van der Waals surface area contributed by atoms with Crippen LogP contribution in [-0.4, -0.2) is 69.2 Å². The zero-order valence-electron chi connectivity index (χ0n) is 19.9. The second kappa shape index (κ2) is 12.3. The van der Waals surface area contributed by atoms with Crippen LogP contribution in [0.3, 0.4) is 0 Å². The average Bonchev–Trinajstić information content (AvgIpc) is 2.84. The first-order valence-electron chi connectivity index (χ1n) is 11.5. The molecular formula is C25H37N5O2. The number of aliphatic imine (C=N–C) groups is 1. The lowest BCUT2D eigenvalue weighted by atomic mass is 10.1. The largest absolute Gasteiger partial charge is 0.493 e. The van der Waals surface area contributed by atoms with E-state index in [1.165, 1.54) is 11.1 Å². The second-order valence-electron chi connectivity index (χ2n) is 7.87. The molecule has 0 unspecified atom stereocenters. The van der Waals surface area contributed by atoms with Gasteiger partial charge in [-0.05, 0) is 36.7 Å². The van der Waals surface area contributed by atoms with Crippen molar-refractivity contribution < 1.29 is 9.47 Å². The zero-order valence-corrected chi connectivity index (χ0v) is 19.9. The Morgan fingerprint density at radius 1 is 0.906 bits per heavy atom. The maximum absolute atomic E-state index is 5.42. The molecular weight excluding hydrogens is 402 g/mol. The SMILES string of the molecule is CCNC(=NCc1ccccc1CN1CCN(CC)CC1)Nc1ccc(OC)c(OC)c1. The van der Waals surface area contributed by atoms with Crippen LogP contribution >= 0.6 is 0 Å². The molecule has 0 atom stereocenters. The summed E-state index contributed by atoms with van der Waals surface area (Å²) >= 11 is 0. The average molecular weight is 440 g/mol. The van der Waals surface area contributed by atoms with Crippen molar-refractivity contribution in [3.8, 4) is 11.5 Å². The molecule has 1 saturated heterocycles. The van der Waals surface area contributed by atoms with E-state index in [1.807, 2.05) is 18.2 Å². The van der Waals surface area contributed by atoms with Crippen LogP contribution in [0.5, 0.6) is 11.5 Å². The Bertz CT molecular complexity index is 878. The molecule has 7 nitrogen and oxygen atoms in total.